The molecule has 88 valence electrons. The third-order valence-corrected chi connectivity index (χ3v) is 3.61. The normalized spacial score (nSPS) is 24.2. The van der Waals surface area contributed by atoms with Gasteiger partial charge in [-0.25, -0.2) is 8.78 Å². The molecule has 16 heavy (non-hydrogen) atoms. The Kier molecular flexibility index (Phi) is 2.74. The fraction of sp³-hybridized carbons (Fsp3) is 0.538. The van der Waals surface area contributed by atoms with Gasteiger partial charge in [-0.1, -0.05) is 19.9 Å². The zero-order valence-electron chi connectivity index (χ0n) is 9.85. The minimum atomic E-state index is -0.784. The number of halogens is 2. The van der Waals surface area contributed by atoms with E-state index in [1.165, 1.54) is 12.1 Å². The van der Waals surface area contributed by atoms with Crippen LogP contribution in [0, 0.1) is 23.0 Å². The highest BCUT2D eigenvalue weighted by Crippen LogP contribution is 2.57. The molecule has 1 N–H and O–H groups in total. The van der Waals surface area contributed by atoms with Gasteiger partial charge < -0.3 is 5.32 Å². The first-order valence-electron chi connectivity index (χ1n) is 5.58. The number of nitrogens with one attached hydrogen (secondary N) is 1. The van der Waals surface area contributed by atoms with Crippen LogP contribution >= 0.6 is 0 Å². The Morgan fingerprint density at radius 1 is 1.31 bits per heavy atom. The Bertz CT molecular complexity index is 401. The summed E-state index contributed by atoms with van der Waals surface area (Å²) in [5.74, 6) is -1.05. The largest absolute Gasteiger partial charge is 0.313 e. The van der Waals surface area contributed by atoms with Gasteiger partial charge in [-0.3, -0.25) is 0 Å². The second-order valence-corrected chi connectivity index (χ2v) is 5.24. The Labute approximate surface area is 94.9 Å². The van der Waals surface area contributed by atoms with Crippen LogP contribution in [-0.2, 0) is 0 Å². The molecular weight excluding hydrogens is 208 g/mol. The standard InChI is InChI=1S/C13H17F2N/c1-13(2)7-9(13)12(16-3)8-4-5-10(14)11(15)6-8/h4-6,9,12,16H,7H2,1-3H3. The van der Waals surface area contributed by atoms with Gasteiger partial charge in [0.2, 0.25) is 0 Å². The van der Waals surface area contributed by atoms with Crippen LogP contribution in [0.25, 0.3) is 0 Å². The van der Waals surface area contributed by atoms with Crippen molar-refractivity contribution in [3.8, 4) is 0 Å². The van der Waals surface area contributed by atoms with E-state index >= 15 is 0 Å². The number of hydrogen-bond donors (Lipinski definition) is 1. The SMILES string of the molecule is CNC(c1ccc(F)c(F)c1)C1CC1(C)C. The van der Waals surface area contributed by atoms with E-state index in [0.717, 1.165) is 12.0 Å². The minimum absolute atomic E-state index is 0.116. The highest BCUT2D eigenvalue weighted by Gasteiger charge is 2.50. The summed E-state index contributed by atoms with van der Waals surface area (Å²) in [6, 6.07) is 4.27. The van der Waals surface area contributed by atoms with Crippen molar-refractivity contribution in [2.24, 2.45) is 11.3 Å². The lowest BCUT2D eigenvalue weighted by molar-refractivity contribution is 0.435. The Morgan fingerprint density at radius 3 is 2.38 bits per heavy atom. The van der Waals surface area contributed by atoms with Crippen LogP contribution in [0.4, 0.5) is 8.78 Å². The molecule has 0 aliphatic heterocycles. The van der Waals surface area contributed by atoms with E-state index < -0.39 is 11.6 Å². The summed E-state index contributed by atoms with van der Waals surface area (Å²) >= 11 is 0. The van der Waals surface area contributed by atoms with Crippen LogP contribution in [0.5, 0.6) is 0 Å². The average molecular weight is 225 g/mol. The van der Waals surface area contributed by atoms with Gasteiger partial charge in [-0.05, 0) is 42.5 Å². The molecule has 1 aliphatic rings. The highest BCUT2D eigenvalue weighted by molar-refractivity contribution is 5.24. The molecule has 0 radical (unpaired) electrons. The Hall–Kier alpha value is -0.960. The Morgan fingerprint density at radius 2 is 1.94 bits per heavy atom. The van der Waals surface area contributed by atoms with Gasteiger partial charge in [-0.2, -0.15) is 0 Å². The number of hydrogen-bond acceptors (Lipinski definition) is 1. The topological polar surface area (TPSA) is 12.0 Å². The fourth-order valence-corrected chi connectivity index (χ4v) is 2.38. The van der Waals surface area contributed by atoms with Gasteiger partial charge in [0.15, 0.2) is 11.6 Å². The molecule has 1 aromatic carbocycles. The summed E-state index contributed by atoms with van der Waals surface area (Å²) in [5, 5.41) is 3.19. The molecular formula is C13H17F2N. The van der Waals surface area contributed by atoms with Crippen LogP contribution in [0.1, 0.15) is 31.9 Å². The zero-order chi connectivity index (χ0) is 11.9. The molecule has 2 atom stereocenters. The molecule has 0 amide bonds. The molecule has 0 bridgehead atoms. The van der Waals surface area contributed by atoms with Crippen molar-refractivity contribution in [1.29, 1.82) is 0 Å². The van der Waals surface area contributed by atoms with Gasteiger partial charge in [0, 0.05) is 6.04 Å². The highest BCUT2D eigenvalue weighted by atomic mass is 19.2. The first-order chi connectivity index (χ1) is 7.45. The summed E-state index contributed by atoms with van der Waals surface area (Å²) in [4.78, 5) is 0. The van der Waals surface area contributed by atoms with Crippen molar-refractivity contribution in [1.82, 2.24) is 5.32 Å². The molecule has 0 saturated heterocycles. The van der Waals surface area contributed by atoms with Crippen molar-refractivity contribution in [2.75, 3.05) is 7.05 Å². The second-order valence-electron chi connectivity index (χ2n) is 5.24. The third-order valence-electron chi connectivity index (χ3n) is 3.61. The van der Waals surface area contributed by atoms with Crippen molar-refractivity contribution >= 4 is 0 Å². The van der Waals surface area contributed by atoms with E-state index in [4.69, 9.17) is 0 Å². The first-order valence-corrected chi connectivity index (χ1v) is 5.58. The molecule has 1 aromatic rings. The molecule has 0 heterocycles. The molecule has 0 spiro atoms. The second kappa shape index (κ2) is 3.81. The van der Waals surface area contributed by atoms with Crippen molar-refractivity contribution in [3.05, 3.63) is 35.4 Å². The Balaban J connectivity index is 2.24. The molecule has 1 nitrogen and oxygen atoms in total. The van der Waals surface area contributed by atoms with Gasteiger partial charge in [0.25, 0.3) is 0 Å². The summed E-state index contributed by atoms with van der Waals surface area (Å²) < 4.78 is 26.0. The van der Waals surface area contributed by atoms with Gasteiger partial charge in [-0.15, -0.1) is 0 Å². The van der Waals surface area contributed by atoms with E-state index in [0.29, 0.717) is 11.3 Å². The number of rotatable bonds is 3. The zero-order valence-corrected chi connectivity index (χ0v) is 9.85. The lowest BCUT2D eigenvalue weighted by atomic mass is 9.97. The average Bonchev–Trinajstić information content (AvgIpc) is 2.82. The molecule has 1 aliphatic carbocycles. The quantitative estimate of drug-likeness (QED) is 0.832. The summed E-state index contributed by atoms with van der Waals surface area (Å²) in [5.41, 5.74) is 1.13. The van der Waals surface area contributed by atoms with Gasteiger partial charge in [0.05, 0.1) is 0 Å². The monoisotopic (exact) mass is 225 g/mol. The van der Waals surface area contributed by atoms with E-state index in [9.17, 15) is 8.78 Å². The molecule has 0 aromatic heterocycles. The summed E-state index contributed by atoms with van der Waals surface area (Å²) in [7, 11) is 1.86. The maximum Gasteiger partial charge on any atom is 0.159 e. The minimum Gasteiger partial charge on any atom is -0.313 e. The maximum atomic E-state index is 13.1. The molecule has 2 rings (SSSR count). The van der Waals surface area contributed by atoms with Crippen molar-refractivity contribution in [3.63, 3.8) is 0 Å². The lowest BCUT2D eigenvalue weighted by Crippen LogP contribution is -2.20. The molecule has 1 saturated carbocycles. The lowest BCUT2D eigenvalue weighted by Gasteiger charge is -2.18. The summed E-state index contributed by atoms with van der Waals surface area (Å²) in [6.07, 6.45) is 1.12. The first kappa shape index (κ1) is 11.5. The maximum absolute atomic E-state index is 13.1. The predicted octanol–water partition coefficient (Wildman–Crippen LogP) is 3.27. The van der Waals surface area contributed by atoms with E-state index in [2.05, 4.69) is 19.2 Å². The third kappa shape index (κ3) is 1.96. The van der Waals surface area contributed by atoms with Crippen LogP contribution in [0.2, 0.25) is 0 Å². The van der Waals surface area contributed by atoms with Crippen molar-refractivity contribution in [2.45, 2.75) is 26.3 Å². The smallest absolute Gasteiger partial charge is 0.159 e. The molecule has 2 unspecified atom stereocenters. The van der Waals surface area contributed by atoms with Crippen LogP contribution in [0.3, 0.4) is 0 Å². The predicted molar refractivity (Wildman–Crippen MR) is 60.0 cm³/mol. The molecule has 3 heteroatoms. The van der Waals surface area contributed by atoms with E-state index in [-0.39, 0.29) is 6.04 Å². The van der Waals surface area contributed by atoms with E-state index in [1.54, 1.807) is 6.07 Å². The van der Waals surface area contributed by atoms with Crippen molar-refractivity contribution < 1.29 is 8.78 Å². The summed E-state index contributed by atoms with van der Waals surface area (Å²) in [6.45, 7) is 4.39. The van der Waals surface area contributed by atoms with Crippen LogP contribution < -0.4 is 5.32 Å². The number of benzene rings is 1. The van der Waals surface area contributed by atoms with E-state index in [1.807, 2.05) is 7.05 Å². The van der Waals surface area contributed by atoms with Crippen LogP contribution in [-0.4, -0.2) is 7.05 Å². The fourth-order valence-electron chi connectivity index (χ4n) is 2.38. The molecule has 1 fully saturated rings. The van der Waals surface area contributed by atoms with Gasteiger partial charge in [0.1, 0.15) is 0 Å². The van der Waals surface area contributed by atoms with Gasteiger partial charge >= 0.3 is 0 Å². The van der Waals surface area contributed by atoms with Crippen LogP contribution in [0.15, 0.2) is 18.2 Å².